The first-order chi connectivity index (χ1) is 35.3. The van der Waals surface area contributed by atoms with Gasteiger partial charge in [-0.3, -0.25) is 34.1 Å². The minimum absolute atomic E-state index is 0.0170. The Kier molecular flexibility index (Phi) is 16.7. The lowest BCUT2D eigenvalue weighted by Crippen LogP contribution is -2.54. The number of ether oxygens (including phenoxy) is 4. The lowest BCUT2D eigenvalue weighted by atomic mass is 10.0. The van der Waals surface area contributed by atoms with Crippen LogP contribution in [0.15, 0.2) is 77.9 Å². The van der Waals surface area contributed by atoms with Crippen LogP contribution >= 0.6 is 0 Å². The molecule has 6 aromatic rings. The van der Waals surface area contributed by atoms with Crippen LogP contribution in [0.25, 0.3) is 21.8 Å². The Morgan fingerprint density at radius 2 is 1.58 bits per heavy atom. The number of piperidine rings is 1. The molecule has 1 fully saturated rings. The number of hydrogen-bond acceptors (Lipinski definition) is 12. The van der Waals surface area contributed by atoms with E-state index >= 15 is 4.39 Å². The van der Waals surface area contributed by atoms with Gasteiger partial charge in [0.2, 0.25) is 29.0 Å². The molecular formula is C55H60FN7O10. The minimum atomic E-state index is -0.779. The second-order valence-corrected chi connectivity index (χ2v) is 18.4. The molecule has 1 atom stereocenters. The lowest BCUT2D eigenvalue weighted by Gasteiger charge is -2.31. The third kappa shape index (κ3) is 12.1. The van der Waals surface area contributed by atoms with Gasteiger partial charge in [-0.2, -0.15) is 0 Å². The summed E-state index contributed by atoms with van der Waals surface area (Å²) in [5, 5.41) is 8.80. The normalized spacial score (nSPS) is 14.7. The van der Waals surface area contributed by atoms with Crippen molar-refractivity contribution in [3.8, 4) is 23.1 Å². The van der Waals surface area contributed by atoms with Crippen molar-refractivity contribution in [1.29, 1.82) is 0 Å². The van der Waals surface area contributed by atoms with Gasteiger partial charge in [-0.15, -0.1) is 0 Å². The summed E-state index contributed by atoms with van der Waals surface area (Å²) < 4.78 is 40.8. The summed E-state index contributed by atoms with van der Waals surface area (Å²) in [6.07, 6.45) is 11.8. The second-order valence-electron chi connectivity index (χ2n) is 18.4. The standard InChI is InChI=1S/C55H60FN7O10/c1-5-34-16-20-43-40(25-34)51(66)50(33(2)62(43)3)53(68)60-37-18-22-45(41(56)27-37)73-54-39-28-46(70-4)47(29-42(39)57-31-58-54)72-24-14-12-10-8-6-7-9-11-13-15-48(64)59-36-17-19-38-35(26-36)30-71-32-63(55(38)69)44-21-23-49(65)61-52(44)67/h16-20,22,25-29,31,44H,5-15,21,23-24,30,32H2,1-4H3,(H,59,64)(H,60,68)(H,61,65,67). The summed E-state index contributed by atoms with van der Waals surface area (Å²) in [4.78, 5) is 87.0. The van der Waals surface area contributed by atoms with Gasteiger partial charge in [-0.1, -0.05) is 57.9 Å². The first-order valence-electron chi connectivity index (χ1n) is 24.8. The van der Waals surface area contributed by atoms with E-state index in [0.29, 0.717) is 63.3 Å². The van der Waals surface area contributed by atoms with E-state index in [1.165, 1.54) is 30.5 Å². The summed E-state index contributed by atoms with van der Waals surface area (Å²) in [5.41, 5.74) is 4.02. The van der Waals surface area contributed by atoms with Crippen LogP contribution in [-0.2, 0) is 39.2 Å². The average molecular weight is 998 g/mol. The molecule has 18 heteroatoms. The maximum atomic E-state index is 15.6. The summed E-state index contributed by atoms with van der Waals surface area (Å²) >= 11 is 0. The van der Waals surface area contributed by atoms with Crippen molar-refractivity contribution in [3.05, 3.63) is 117 Å². The molecule has 4 aromatic carbocycles. The number of rotatable bonds is 21. The molecule has 2 aromatic heterocycles. The van der Waals surface area contributed by atoms with E-state index in [2.05, 4.69) is 25.9 Å². The molecule has 1 saturated heterocycles. The second kappa shape index (κ2) is 23.7. The van der Waals surface area contributed by atoms with Crippen molar-refractivity contribution in [2.45, 2.75) is 110 Å². The molecule has 8 rings (SSSR count). The molecule has 2 aliphatic heterocycles. The number of nitrogens with zero attached hydrogens (tertiary/aromatic N) is 4. The van der Waals surface area contributed by atoms with Crippen molar-refractivity contribution >= 4 is 62.7 Å². The van der Waals surface area contributed by atoms with Crippen molar-refractivity contribution < 1.29 is 47.3 Å². The van der Waals surface area contributed by atoms with Crippen LogP contribution in [-0.4, -0.2) is 75.5 Å². The van der Waals surface area contributed by atoms with Gasteiger partial charge in [0.05, 0.1) is 36.7 Å². The van der Waals surface area contributed by atoms with Gasteiger partial charge >= 0.3 is 0 Å². The first kappa shape index (κ1) is 51.6. The van der Waals surface area contributed by atoms with Gasteiger partial charge in [0.1, 0.15) is 24.7 Å². The number of carbonyl (C=O) groups excluding carboxylic acids is 5. The fourth-order valence-electron chi connectivity index (χ4n) is 9.25. The lowest BCUT2D eigenvalue weighted by molar-refractivity contribution is -0.138. The minimum Gasteiger partial charge on any atom is -0.493 e. The number of unbranched alkanes of at least 4 members (excludes halogenated alkanes) is 8. The molecule has 5 amide bonds. The number of anilines is 2. The molecular weight excluding hydrogens is 938 g/mol. The van der Waals surface area contributed by atoms with Gasteiger partial charge in [-0.05, 0) is 92.3 Å². The summed E-state index contributed by atoms with van der Waals surface area (Å²) in [6, 6.07) is 17.3. The number of amides is 5. The topological polar surface area (TPSA) is 209 Å². The zero-order valence-corrected chi connectivity index (χ0v) is 41.6. The maximum Gasteiger partial charge on any atom is 0.261 e. The molecule has 0 spiro atoms. The van der Waals surface area contributed by atoms with E-state index in [-0.39, 0.29) is 66.8 Å². The van der Waals surface area contributed by atoms with Crippen LogP contribution in [0.2, 0.25) is 0 Å². The summed E-state index contributed by atoms with van der Waals surface area (Å²) in [7, 11) is 3.32. The number of methoxy groups -OCH3 is 1. The van der Waals surface area contributed by atoms with Crippen molar-refractivity contribution in [2.24, 2.45) is 7.05 Å². The third-order valence-electron chi connectivity index (χ3n) is 13.4. The number of carbonyl (C=O) groups is 5. The number of benzene rings is 4. The highest BCUT2D eigenvalue weighted by atomic mass is 19.1. The molecule has 4 heterocycles. The van der Waals surface area contributed by atoms with E-state index in [4.69, 9.17) is 18.9 Å². The Morgan fingerprint density at radius 3 is 2.32 bits per heavy atom. The highest BCUT2D eigenvalue weighted by Crippen LogP contribution is 2.37. The predicted octanol–water partition coefficient (Wildman–Crippen LogP) is 9.20. The van der Waals surface area contributed by atoms with Crippen LogP contribution in [0.5, 0.6) is 23.1 Å². The monoisotopic (exact) mass is 997 g/mol. The largest absolute Gasteiger partial charge is 0.493 e. The molecule has 3 N–H and O–H groups in total. The Hall–Kier alpha value is -7.73. The highest BCUT2D eigenvalue weighted by molar-refractivity contribution is 6.07. The van der Waals surface area contributed by atoms with Crippen molar-refractivity contribution in [2.75, 3.05) is 31.1 Å². The van der Waals surface area contributed by atoms with Gasteiger partial charge in [-0.25, -0.2) is 14.4 Å². The zero-order valence-electron chi connectivity index (χ0n) is 41.6. The number of aryl methyl sites for hydroxylation is 2. The molecule has 0 saturated carbocycles. The van der Waals surface area contributed by atoms with E-state index in [0.717, 1.165) is 81.4 Å². The van der Waals surface area contributed by atoms with Crippen LogP contribution < -0.4 is 35.6 Å². The van der Waals surface area contributed by atoms with Crippen molar-refractivity contribution in [3.63, 3.8) is 0 Å². The molecule has 73 heavy (non-hydrogen) atoms. The average Bonchev–Trinajstić information content (AvgIpc) is 3.53. The van der Waals surface area contributed by atoms with Gasteiger partial charge in [0, 0.05) is 60.0 Å². The molecule has 1 unspecified atom stereocenters. The summed E-state index contributed by atoms with van der Waals surface area (Å²) in [6.45, 7) is 4.25. The van der Waals surface area contributed by atoms with E-state index < -0.39 is 29.1 Å². The molecule has 0 aliphatic carbocycles. The molecule has 2 aliphatic rings. The van der Waals surface area contributed by atoms with E-state index in [1.54, 1.807) is 54.9 Å². The van der Waals surface area contributed by atoms with Crippen LogP contribution in [0.4, 0.5) is 15.8 Å². The quantitative estimate of drug-likeness (QED) is 0.0455. The van der Waals surface area contributed by atoms with Crippen LogP contribution in [0, 0.1) is 12.7 Å². The van der Waals surface area contributed by atoms with Gasteiger partial charge in [0.15, 0.2) is 23.1 Å². The Bertz CT molecular complexity index is 3140. The Morgan fingerprint density at radius 1 is 0.836 bits per heavy atom. The smallest absolute Gasteiger partial charge is 0.261 e. The Labute approximate surface area is 421 Å². The highest BCUT2D eigenvalue weighted by Gasteiger charge is 2.37. The van der Waals surface area contributed by atoms with Crippen LogP contribution in [0.1, 0.15) is 122 Å². The van der Waals surface area contributed by atoms with E-state index in [9.17, 15) is 28.8 Å². The molecule has 17 nitrogen and oxygen atoms in total. The number of halogens is 1. The molecule has 382 valence electrons. The third-order valence-corrected chi connectivity index (χ3v) is 13.4. The number of aromatic nitrogens is 3. The fraction of sp³-hybridized carbons (Fsp3) is 0.382. The number of imide groups is 1. The SMILES string of the molecule is CCc1ccc2c(c1)c(=O)c(C(=O)Nc1ccc(Oc3ncnc4cc(OCCCCCCCCCCCC(=O)Nc5ccc6c(c5)COCN(C5CCC(=O)NC5=O)C6=O)c(OC)cc34)c(F)c1)c(C)n2C. The van der Waals surface area contributed by atoms with Gasteiger partial charge in [0.25, 0.3) is 11.8 Å². The number of nitrogens with one attached hydrogen (secondary N) is 3. The number of pyridine rings is 1. The summed E-state index contributed by atoms with van der Waals surface area (Å²) in [5.74, 6) is -1.81. The molecule has 0 bridgehead atoms. The first-order valence-corrected chi connectivity index (χ1v) is 24.8. The van der Waals surface area contributed by atoms with Crippen LogP contribution in [0.3, 0.4) is 0 Å². The predicted molar refractivity (Wildman–Crippen MR) is 273 cm³/mol. The van der Waals surface area contributed by atoms with Crippen molar-refractivity contribution in [1.82, 2.24) is 24.8 Å². The number of fused-ring (bicyclic) bond motifs is 3. The van der Waals surface area contributed by atoms with E-state index in [1.807, 2.05) is 19.1 Å². The van der Waals surface area contributed by atoms with Gasteiger partial charge < -0.3 is 39.0 Å². The maximum absolute atomic E-state index is 15.6. The Balaban J connectivity index is 0.733. The zero-order chi connectivity index (χ0) is 51.6. The number of hydrogen-bond donors (Lipinski definition) is 3. The fourth-order valence-corrected chi connectivity index (χ4v) is 9.25. The molecule has 0 radical (unpaired) electrons.